The van der Waals surface area contributed by atoms with Crippen LogP contribution in [0.25, 0.3) is 0 Å². The Morgan fingerprint density at radius 1 is 1.13 bits per heavy atom. The molecule has 2 rings (SSSR count). The molecular weight excluding hydrogens is 342 g/mol. The number of esters is 1. The molecule has 2 aromatic rings. The summed E-state index contributed by atoms with van der Waals surface area (Å²) in [6.45, 7) is 0. The summed E-state index contributed by atoms with van der Waals surface area (Å²) < 4.78 is 42.3. The van der Waals surface area contributed by atoms with Gasteiger partial charge in [0.15, 0.2) is 0 Å². The highest BCUT2D eigenvalue weighted by molar-refractivity contribution is 7.93. The quantitative estimate of drug-likeness (QED) is 0.798. The van der Waals surface area contributed by atoms with Gasteiger partial charge in [0.1, 0.15) is 21.3 Å². The second kappa shape index (κ2) is 6.88. The number of hydrogen-bond donors (Lipinski definition) is 1. The van der Waals surface area contributed by atoms with Crippen molar-refractivity contribution in [2.45, 2.75) is 4.90 Å². The summed E-state index contributed by atoms with van der Waals surface area (Å²) in [6.07, 6.45) is 0. The summed E-state index contributed by atoms with van der Waals surface area (Å²) in [6, 6.07) is 6.00. The fourth-order valence-electron chi connectivity index (χ4n) is 1.83. The Kier molecular flexibility index (Phi) is 5.12. The van der Waals surface area contributed by atoms with Crippen LogP contribution >= 0.6 is 11.3 Å². The largest absolute Gasteiger partial charge is 0.497 e. The second-order valence-electron chi connectivity index (χ2n) is 4.28. The molecule has 9 heteroatoms. The van der Waals surface area contributed by atoms with Crippen molar-refractivity contribution >= 4 is 33.0 Å². The second-order valence-corrected chi connectivity index (χ2v) is 6.84. The number of anilines is 1. The zero-order valence-electron chi connectivity index (χ0n) is 12.7. The molecule has 0 aliphatic rings. The van der Waals surface area contributed by atoms with Crippen molar-refractivity contribution in [3.63, 3.8) is 0 Å². The van der Waals surface area contributed by atoms with Crippen LogP contribution in [0.5, 0.6) is 11.5 Å². The lowest BCUT2D eigenvalue weighted by molar-refractivity contribution is 0.0602. The molecule has 1 heterocycles. The SMILES string of the molecule is COC(=O)c1sccc1S(=O)(=O)Nc1ccc(OC)cc1OC. The number of methoxy groups -OCH3 is 3. The van der Waals surface area contributed by atoms with E-state index >= 15 is 0 Å². The Balaban J connectivity index is 2.40. The smallest absolute Gasteiger partial charge is 0.349 e. The minimum Gasteiger partial charge on any atom is -0.497 e. The van der Waals surface area contributed by atoms with Gasteiger partial charge in [0.05, 0.1) is 27.0 Å². The van der Waals surface area contributed by atoms with Gasteiger partial charge in [0.2, 0.25) is 0 Å². The van der Waals surface area contributed by atoms with Gasteiger partial charge in [-0.3, -0.25) is 4.72 Å². The van der Waals surface area contributed by atoms with Gasteiger partial charge in [-0.15, -0.1) is 11.3 Å². The molecule has 0 amide bonds. The van der Waals surface area contributed by atoms with Gasteiger partial charge in [-0.25, -0.2) is 13.2 Å². The summed E-state index contributed by atoms with van der Waals surface area (Å²) in [4.78, 5) is 11.5. The Bertz CT molecular complexity index is 812. The monoisotopic (exact) mass is 357 g/mol. The van der Waals surface area contributed by atoms with Crippen LogP contribution in [0.2, 0.25) is 0 Å². The number of carbonyl (C=O) groups excluding carboxylic acids is 1. The third-order valence-corrected chi connectivity index (χ3v) is 5.37. The lowest BCUT2D eigenvalue weighted by Crippen LogP contribution is -2.16. The molecule has 0 spiro atoms. The van der Waals surface area contributed by atoms with Crippen molar-refractivity contribution in [1.29, 1.82) is 0 Å². The maximum Gasteiger partial charge on any atom is 0.349 e. The topological polar surface area (TPSA) is 90.9 Å². The fourth-order valence-corrected chi connectivity index (χ4v) is 4.24. The number of sulfonamides is 1. The van der Waals surface area contributed by atoms with Crippen LogP contribution < -0.4 is 14.2 Å². The molecule has 0 aliphatic heterocycles. The van der Waals surface area contributed by atoms with E-state index in [1.807, 2.05) is 0 Å². The van der Waals surface area contributed by atoms with Gasteiger partial charge in [0.25, 0.3) is 10.0 Å². The van der Waals surface area contributed by atoms with Gasteiger partial charge < -0.3 is 14.2 Å². The van der Waals surface area contributed by atoms with Gasteiger partial charge in [-0.2, -0.15) is 0 Å². The van der Waals surface area contributed by atoms with E-state index in [1.54, 1.807) is 12.1 Å². The van der Waals surface area contributed by atoms with Gasteiger partial charge in [-0.05, 0) is 23.6 Å². The van der Waals surface area contributed by atoms with Crippen LogP contribution in [-0.4, -0.2) is 35.7 Å². The van der Waals surface area contributed by atoms with E-state index in [0.717, 1.165) is 11.3 Å². The Hall–Kier alpha value is -2.26. The standard InChI is InChI=1S/C14H15NO6S2/c1-19-9-4-5-10(11(8-9)20-2)15-23(17,18)12-6-7-22-13(12)14(16)21-3/h4-8,15H,1-3H3. The van der Waals surface area contributed by atoms with Crippen LogP contribution in [-0.2, 0) is 14.8 Å². The zero-order valence-corrected chi connectivity index (χ0v) is 14.3. The number of thiophene rings is 1. The summed E-state index contributed by atoms with van der Waals surface area (Å²) in [7, 11) is 0.130. The minimum atomic E-state index is -3.97. The van der Waals surface area contributed by atoms with Crippen LogP contribution in [0, 0.1) is 0 Å². The number of benzene rings is 1. The van der Waals surface area contributed by atoms with Gasteiger partial charge in [-0.1, -0.05) is 0 Å². The molecule has 0 aliphatic carbocycles. The molecule has 0 fully saturated rings. The predicted octanol–water partition coefficient (Wildman–Crippen LogP) is 2.35. The zero-order chi connectivity index (χ0) is 17.0. The lowest BCUT2D eigenvalue weighted by Gasteiger charge is -2.13. The van der Waals surface area contributed by atoms with Crippen molar-refractivity contribution in [1.82, 2.24) is 0 Å². The van der Waals surface area contributed by atoms with E-state index in [1.165, 1.54) is 38.8 Å². The number of carbonyl (C=O) groups is 1. The first kappa shape index (κ1) is 17.1. The van der Waals surface area contributed by atoms with E-state index < -0.39 is 16.0 Å². The van der Waals surface area contributed by atoms with Crippen molar-refractivity contribution in [3.8, 4) is 11.5 Å². The van der Waals surface area contributed by atoms with E-state index in [4.69, 9.17) is 9.47 Å². The normalized spacial score (nSPS) is 10.9. The molecule has 124 valence electrons. The highest BCUT2D eigenvalue weighted by Gasteiger charge is 2.25. The molecular formula is C14H15NO6S2. The molecule has 23 heavy (non-hydrogen) atoms. The lowest BCUT2D eigenvalue weighted by atomic mass is 10.3. The number of hydrogen-bond acceptors (Lipinski definition) is 7. The first-order valence-electron chi connectivity index (χ1n) is 6.33. The number of rotatable bonds is 6. The van der Waals surface area contributed by atoms with Crippen molar-refractivity contribution in [3.05, 3.63) is 34.5 Å². The molecule has 7 nitrogen and oxygen atoms in total. The number of ether oxygens (including phenoxy) is 3. The average molecular weight is 357 g/mol. The van der Waals surface area contributed by atoms with Gasteiger partial charge in [0, 0.05) is 6.07 Å². The Morgan fingerprint density at radius 3 is 2.48 bits per heavy atom. The average Bonchev–Trinajstić information content (AvgIpc) is 3.04. The highest BCUT2D eigenvalue weighted by atomic mass is 32.2. The molecule has 0 unspecified atom stereocenters. The van der Waals surface area contributed by atoms with Crippen LogP contribution in [0.15, 0.2) is 34.5 Å². The molecule has 0 bridgehead atoms. The van der Waals surface area contributed by atoms with Crippen LogP contribution in [0.4, 0.5) is 5.69 Å². The Morgan fingerprint density at radius 2 is 1.87 bits per heavy atom. The molecule has 0 atom stereocenters. The summed E-state index contributed by atoms with van der Waals surface area (Å²) in [5.41, 5.74) is 0.232. The van der Waals surface area contributed by atoms with Gasteiger partial charge >= 0.3 is 5.97 Å². The van der Waals surface area contributed by atoms with E-state index in [0.29, 0.717) is 11.5 Å². The molecule has 1 aromatic carbocycles. The summed E-state index contributed by atoms with van der Waals surface area (Å²) >= 11 is 0.991. The van der Waals surface area contributed by atoms with Crippen molar-refractivity contribution < 1.29 is 27.4 Å². The fraction of sp³-hybridized carbons (Fsp3) is 0.214. The maximum atomic E-state index is 12.5. The first-order valence-corrected chi connectivity index (χ1v) is 8.70. The molecule has 0 saturated heterocycles. The first-order chi connectivity index (χ1) is 10.9. The van der Waals surface area contributed by atoms with E-state index in [2.05, 4.69) is 9.46 Å². The Labute approximate surface area is 137 Å². The minimum absolute atomic E-state index is 0.00692. The summed E-state index contributed by atoms with van der Waals surface area (Å²) in [5.74, 6) is 0.112. The molecule has 1 aromatic heterocycles. The van der Waals surface area contributed by atoms with Crippen molar-refractivity contribution in [2.24, 2.45) is 0 Å². The highest BCUT2D eigenvalue weighted by Crippen LogP contribution is 2.32. The van der Waals surface area contributed by atoms with Crippen molar-refractivity contribution in [2.75, 3.05) is 26.1 Å². The van der Waals surface area contributed by atoms with E-state index in [-0.39, 0.29) is 15.5 Å². The third-order valence-electron chi connectivity index (χ3n) is 2.94. The van der Waals surface area contributed by atoms with Crippen LogP contribution in [0.1, 0.15) is 9.67 Å². The third kappa shape index (κ3) is 3.57. The van der Waals surface area contributed by atoms with Crippen LogP contribution in [0.3, 0.4) is 0 Å². The molecule has 1 N–H and O–H groups in total. The number of nitrogens with one attached hydrogen (secondary N) is 1. The van der Waals surface area contributed by atoms with E-state index in [9.17, 15) is 13.2 Å². The summed E-state index contributed by atoms with van der Waals surface area (Å²) in [5, 5.41) is 1.51. The predicted molar refractivity (Wildman–Crippen MR) is 86.0 cm³/mol. The molecule has 0 radical (unpaired) electrons. The molecule has 0 saturated carbocycles. The maximum absolute atomic E-state index is 12.5.